The van der Waals surface area contributed by atoms with Gasteiger partial charge in [0.15, 0.2) is 0 Å². The highest BCUT2D eigenvalue weighted by molar-refractivity contribution is 5.44. The van der Waals surface area contributed by atoms with E-state index in [1.54, 1.807) is 12.1 Å². The molecular weight excluding hydrogens is 610 g/mol. The minimum Gasteiger partial charge on any atom is -0.261 e. The third-order valence-electron chi connectivity index (χ3n) is 6.75. The van der Waals surface area contributed by atoms with Crippen LogP contribution in [0.1, 0.15) is 154 Å². The van der Waals surface area contributed by atoms with Crippen LogP contribution in [0, 0.1) is 17.2 Å². The molecule has 1 nitrogen and oxygen atoms in total. The van der Waals surface area contributed by atoms with E-state index in [0.29, 0.717) is 5.41 Å². The topological polar surface area (TPSA) is 12.9 Å². The summed E-state index contributed by atoms with van der Waals surface area (Å²) in [5, 5.41) is 0. The number of hydrogen-bond donors (Lipinski definition) is 0. The van der Waals surface area contributed by atoms with Gasteiger partial charge in [-0.2, -0.15) is 0 Å². The normalized spacial score (nSPS) is 11.8. The molecule has 1 heterocycles. The molecule has 2 aromatic rings. The maximum absolute atomic E-state index is 13.6. The van der Waals surface area contributed by atoms with Gasteiger partial charge >= 0.3 is 0 Å². The van der Waals surface area contributed by atoms with Crippen molar-refractivity contribution in [3.63, 3.8) is 0 Å². The molecule has 0 amide bonds. The molecule has 1 aromatic carbocycles. The van der Waals surface area contributed by atoms with Crippen molar-refractivity contribution >= 4 is 0 Å². The van der Waals surface area contributed by atoms with Gasteiger partial charge in [-0.15, -0.1) is 13.2 Å². The molecule has 1 unspecified atom stereocenters. The molecule has 0 N–H and O–H groups in total. The van der Waals surface area contributed by atoms with Crippen LogP contribution in [0.5, 0.6) is 0 Å². The quantitative estimate of drug-likeness (QED) is 0.151. The zero-order valence-corrected chi connectivity index (χ0v) is 36.0. The fourth-order valence-electron chi connectivity index (χ4n) is 4.46. The minimum absolute atomic E-state index is 0.143. The molecule has 0 bridgehead atoms. The van der Waals surface area contributed by atoms with E-state index < -0.39 is 0 Å². The molecule has 2 heteroatoms. The molecular formula is C48H80FN. The van der Waals surface area contributed by atoms with Gasteiger partial charge in [0, 0.05) is 17.8 Å². The zero-order valence-electron chi connectivity index (χ0n) is 36.0. The number of aromatic nitrogens is 1. The smallest absolute Gasteiger partial charge is 0.123 e. The van der Waals surface area contributed by atoms with Gasteiger partial charge < -0.3 is 0 Å². The lowest BCUT2D eigenvalue weighted by Gasteiger charge is -2.22. The number of aryl methyl sites for hydroxylation is 2. The van der Waals surface area contributed by atoms with Crippen LogP contribution in [0.25, 0.3) is 0 Å². The molecule has 0 spiro atoms. The van der Waals surface area contributed by atoms with E-state index in [1.807, 2.05) is 79.8 Å². The molecule has 0 radical (unpaired) electrons. The van der Waals surface area contributed by atoms with E-state index in [4.69, 9.17) is 0 Å². The van der Waals surface area contributed by atoms with E-state index in [2.05, 4.69) is 105 Å². The summed E-state index contributed by atoms with van der Waals surface area (Å²) in [5.74, 6) is -0.0343. The summed E-state index contributed by atoms with van der Waals surface area (Å²) in [4.78, 5) is 4.59. The van der Waals surface area contributed by atoms with E-state index in [9.17, 15) is 4.39 Å². The van der Waals surface area contributed by atoms with Gasteiger partial charge in [0.05, 0.1) is 0 Å². The number of nitrogens with zero attached hydrogens (tertiary/aromatic N) is 1. The highest BCUT2D eigenvalue weighted by Crippen LogP contribution is 2.30. The Hall–Kier alpha value is -3.26. The van der Waals surface area contributed by atoms with Gasteiger partial charge in [0.1, 0.15) is 5.82 Å². The summed E-state index contributed by atoms with van der Waals surface area (Å²) >= 11 is 0. The predicted molar refractivity (Wildman–Crippen MR) is 230 cm³/mol. The van der Waals surface area contributed by atoms with Crippen LogP contribution in [0.15, 0.2) is 114 Å². The van der Waals surface area contributed by atoms with Crippen LogP contribution >= 0.6 is 0 Å². The number of hydrogen-bond acceptors (Lipinski definition) is 1. The molecule has 0 aliphatic heterocycles. The van der Waals surface area contributed by atoms with Crippen LogP contribution in [0.4, 0.5) is 4.39 Å². The third kappa shape index (κ3) is 28.6. The predicted octanol–water partition coefficient (Wildman–Crippen LogP) is 16.0. The molecule has 0 fully saturated rings. The van der Waals surface area contributed by atoms with Gasteiger partial charge in [-0.3, -0.25) is 4.98 Å². The van der Waals surface area contributed by atoms with E-state index >= 15 is 0 Å². The molecule has 0 saturated heterocycles. The summed E-state index contributed by atoms with van der Waals surface area (Å²) < 4.78 is 13.6. The fraction of sp³-hybridized carbons (Fsp3) is 0.521. The first kappa shape index (κ1) is 53.5. The van der Waals surface area contributed by atoms with E-state index in [-0.39, 0.29) is 11.7 Å². The van der Waals surface area contributed by atoms with E-state index in [1.165, 1.54) is 39.5 Å². The lowest BCUT2D eigenvalue weighted by Crippen LogP contribution is -2.10. The van der Waals surface area contributed by atoms with Crippen molar-refractivity contribution in [1.29, 1.82) is 0 Å². The summed E-state index contributed by atoms with van der Waals surface area (Å²) in [5.41, 5.74) is 11.3. The SMILES string of the molecule is C=C(C)C.C=CC(Cc1cccnc1CC)/C(=C/C(C)=C(C)/C(C)=C/CC)C(=C)CCCc1cccc(F)c1.CC.CC.CC.CC(C)(C)C. The van der Waals surface area contributed by atoms with Gasteiger partial charge in [0.25, 0.3) is 0 Å². The number of allylic oxidation sites excluding steroid dienone is 9. The largest absolute Gasteiger partial charge is 0.261 e. The van der Waals surface area contributed by atoms with Crippen molar-refractivity contribution in [1.82, 2.24) is 4.98 Å². The van der Waals surface area contributed by atoms with Gasteiger partial charge in [-0.25, -0.2) is 4.39 Å². The van der Waals surface area contributed by atoms with Crippen molar-refractivity contribution in [3.05, 3.63) is 137 Å². The van der Waals surface area contributed by atoms with Gasteiger partial charge in [0.2, 0.25) is 0 Å². The summed E-state index contributed by atoms with van der Waals surface area (Å²) in [6.45, 7) is 47.8. The molecule has 0 aliphatic carbocycles. The molecule has 284 valence electrons. The Morgan fingerprint density at radius 3 is 1.88 bits per heavy atom. The Kier molecular flexibility index (Phi) is 35.2. The molecule has 2 rings (SSSR count). The van der Waals surface area contributed by atoms with Crippen molar-refractivity contribution in [2.24, 2.45) is 11.3 Å². The molecule has 0 saturated carbocycles. The Balaban J connectivity index is -0.000000602. The number of rotatable bonds is 13. The van der Waals surface area contributed by atoms with Crippen molar-refractivity contribution in [2.45, 2.75) is 156 Å². The Bertz CT molecular complexity index is 1270. The summed E-state index contributed by atoms with van der Waals surface area (Å²) in [6, 6.07) is 11.1. The van der Waals surface area contributed by atoms with Crippen molar-refractivity contribution in [3.8, 4) is 0 Å². The van der Waals surface area contributed by atoms with Gasteiger partial charge in [-0.1, -0.05) is 143 Å². The Morgan fingerprint density at radius 2 is 1.42 bits per heavy atom. The lowest BCUT2D eigenvalue weighted by atomic mass is 9.83. The maximum atomic E-state index is 13.6. The molecule has 50 heavy (non-hydrogen) atoms. The Morgan fingerprint density at radius 1 is 0.880 bits per heavy atom. The summed E-state index contributed by atoms with van der Waals surface area (Å²) in [6.07, 6.45) is 13.9. The molecule has 1 atom stereocenters. The minimum atomic E-state index is -0.177. The van der Waals surface area contributed by atoms with Gasteiger partial charge in [-0.05, 0) is 125 Å². The lowest BCUT2D eigenvalue weighted by molar-refractivity contribution is 0.469. The standard InChI is InChI=1S/C33H42FN.C5H12.C4H8.3C2H6/c1-8-14-24(4)27(7)26(6)21-32(25(5)15-11-16-28-17-12-19-31(34)22-28)29(9-2)23-30-18-13-20-35-33(30)10-3;1-5(2,3)4;1-4(2)3;3*1-2/h9,12-14,17-22,29H,2,5,8,10-11,15-16,23H2,1,3-4,6-7H3;1-4H3;1H2,2-3H3;3*1-2H3/b24-14+,27-26+,32-21+;;;;;. The Labute approximate surface area is 312 Å². The second kappa shape index (κ2) is 32.9. The first-order chi connectivity index (χ1) is 23.5. The van der Waals surface area contributed by atoms with Crippen LogP contribution in [0.3, 0.4) is 0 Å². The first-order valence-corrected chi connectivity index (χ1v) is 19.2. The van der Waals surface area contributed by atoms with Crippen LogP contribution < -0.4 is 0 Å². The number of halogens is 1. The average Bonchev–Trinajstić information content (AvgIpc) is 3.07. The summed E-state index contributed by atoms with van der Waals surface area (Å²) in [7, 11) is 0. The van der Waals surface area contributed by atoms with Crippen molar-refractivity contribution in [2.75, 3.05) is 0 Å². The van der Waals surface area contributed by atoms with Crippen molar-refractivity contribution < 1.29 is 4.39 Å². The van der Waals surface area contributed by atoms with E-state index in [0.717, 1.165) is 55.4 Å². The highest BCUT2D eigenvalue weighted by atomic mass is 19.1. The van der Waals surface area contributed by atoms with Crippen LogP contribution in [0.2, 0.25) is 0 Å². The second-order valence-electron chi connectivity index (χ2n) is 13.5. The zero-order chi connectivity index (χ0) is 39.9. The monoisotopic (exact) mass is 690 g/mol. The highest BCUT2D eigenvalue weighted by Gasteiger charge is 2.17. The fourth-order valence-corrected chi connectivity index (χ4v) is 4.46. The third-order valence-corrected chi connectivity index (χ3v) is 6.75. The van der Waals surface area contributed by atoms with Crippen LogP contribution in [-0.4, -0.2) is 4.98 Å². The van der Waals surface area contributed by atoms with Crippen LogP contribution in [-0.2, 0) is 19.3 Å². The molecule has 1 aromatic heterocycles. The number of pyridine rings is 1. The maximum Gasteiger partial charge on any atom is 0.123 e. The second-order valence-corrected chi connectivity index (χ2v) is 13.5. The first-order valence-electron chi connectivity index (χ1n) is 19.2. The number of benzene rings is 1. The molecule has 0 aliphatic rings. The average molecular weight is 690 g/mol.